The van der Waals surface area contributed by atoms with Gasteiger partial charge in [0.2, 0.25) is 15.9 Å². The van der Waals surface area contributed by atoms with Crippen LogP contribution >= 0.6 is 11.3 Å². The van der Waals surface area contributed by atoms with E-state index in [0.717, 1.165) is 11.3 Å². The van der Waals surface area contributed by atoms with Crippen molar-refractivity contribution in [3.05, 3.63) is 47.3 Å². The second kappa shape index (κ2) is 8.52. The molecule has 6 nitrogen and oxygen atoms in total. The van der Waals surface area contributed by atoms with E-state index in [1.165, 1.54) is 11.3 Å². The molecule has 1 aromatic heterocycles. The van der Waals surface area contributed by atoms with E-state index in [2.05, 4.69) is 14.9 Å². The SMILES string of the molecule is Cc1ccc(NC(=O)[C@H](C)N2CCC(NS(=O)(=O)c3cccs3)CC2)cc1. The summed E-state index contributed by atoms with van der Waals surface area (Å²) < 4.78 is 27.8. The van der Waals surface area contributed by atoms with Gasteiger partial charge in [0.25, 0.3) is 0 Å². The quantitative estimate of drug-likeness (QED) is 0.772. The largest absolute Gasteiger partial charge is 0.325 e. The van der Waals surface area contributed by atoms with Gasteiger partial charge in [0.15, 0.2) is 0 Å². The maximum absolute atomic E-state index is 12.5. The lowest BCUT2D eigenvalue weighted by Gasteiger charge is -2.35. The molecule has 1 fully saturated rings. The molecule has 0 bridgehead atoms. The maximum Gasteiger partial charge on any atom is 0.250 e. The van der Waals surface area contributed by atoms with Crippen molar-refractivity contribution in [2.75, 3.05) is 18.4 Å². The molecular weight excluding hydrogens is 382 g/mol. The summed E-state index contributed by atoms with van der Waals surface area (Å²) in [5.74, 6) is -0.0449. The molecule has 0 unspecified atom stereocenters. The molecule has 0 radical (unpaired) electrons. The van der Waals surface area contributed by atoms with E-state index in [1.807, 2.05) is 38.1 Å². The van der Waals surface area contributed by atoms with Crippen LogP contribution in [0.4, 0.5) is 5.69 Å². The monoisotopic (exact) mass is 407 g/mol. The van der Waals surface area contributed by atoms with Gasteiger partial charge in [-0.25, -0.2) is 13.1 Å². The van der Waals surface area contributed by atoms with Gasteiger partial charge in [0.05, 0.1) is 6.04 Å². The zero-order valence-corrected chi connectivity index (χ0v) is 17.1. The number of aryl methyl sites for hydroxylation is 1. The normalized spacial score (nSPS) is 17.6. The van der Waals surface area contributed by atoms with E-state index in [0.29, 0.717) is 30.1 Å². The molecule has 146 valence electrons. The van der Waals surface area contributed by atoms with E-state index in [1.54, 1.807) is 17.5 Å². The third-order valence-electron chi connectivity index (χ3n) is 4.86. The maximum atomic E-state index is 12.5. The minimum absolute atomic E-state index is 0.0449. The molecule has 8 heteroatoms. The third-order valence-corrected chi connectivity index (χ3v) is 7.78. The van der Waals surface area contributed by atoms with Gasteiger partial charge >= 0.3 is 0 Å². The van der Waals surface area contributed by atoms with Crippen LogP contribution < -0.4 is 10.0 Å². The predicted molar refractivity (Wildman–Crippen MR) is 109 cm³/mol. The standard InChI is InChI=1S/C19H25N3O3S2/c1-14-5-7-16(8-6-14)20-19(23)15(2)22-11-9-17(10-12-22)21-27(24,25)18-4-3-13-26-18/h3-8,13,15,17,21H,9-12H2,1-2H3,(H,20,23)/t15-/m0/s1. The number of sulfonamides is 1. The molecule has 27 heavy (non-hydrogen) atoms. The Balaban J connectivity index is 1.51. The zero-order chi connectivity index (χ0) is 19.4. The summed E-state index contributed by atoms with van der Waals surface area (Å²) in [6.07, 6.45) is 1.37. The molecule has 2 aromatic rings. The van der Waals surface area contributed by atoms with Gasteiger partial charge < -0.3 is 5.32 Å². The Hall–Kier alpha value is -1.74. The Morgan fingerprint density at radius 2 is 1.85 bits per heavy atom. The van der Waals surface area contributed by atoms with Crippen molar-refractivity contribution in [2.24, 2.45) is 0 Å². The number of carbonyl (C=O) groups is 1. The molecule has 0 saturated carbocycles. The summed E-state index contributed by atoms with van der Waals surface area (Å²) in [6, 6.07) is 10.7. The van der Waals surface area contributed by atoms with Crippen molar-refractivity contribution in [1.29, 1.82) is 0 Å². The Kier molecular flexibility index (Phi) is 6.31. The molecular formula is C19H25N3O3S2. The van der Waals surface area contributed by atoms with Crippen molar-refractivity contribution in [3.8, 4) is 0 Å². The first kappa shape index (κ1) is 20.0. The van der Waals surface area contributed by atoms with Crippen LogP contribution in [0.15, 0.2) is 46.0 Å². The van der Waals surface area contributed by atoms with E-state index < -0.39 is 10.0 Å². The second-order valence-corrected chi connectivity index (χ2v) is 9.78. The highest BCUT2D eigenvalue weighted by molar-refractivity contribution is 7.91. The lowest BCUT2D eigenvalue weighted by atomic mass is 10.0. The van der Waals surface area contributed by atoms with Gasteiger partial charge in [0.1, 0.15) is 4.21 Å². The van der Waals surface area contributed by atoms with Crippen LogP contribution in [0, 0.1) is 6.92 Å². The Labute approximate surface area is 164 Å². The highest BCUT2D eigenvalue weighted by Gasteiger charge is 2.29. The number of hydrogen-bond acceptors (Lipinski definition) is 5. The van der Waals surface area contributed by atoms with Crippen molar-refractivity contribution < 1.29 is 13.2 Å². The highest BCUT2D eigenvalue weighted by atomic mass is 32.2. The van der Waals surface area contributed by atoms with Gasteiger partial charge in [-0.3, -0.25) is 9.69 Å². The smallest absolute Gasteiger partial charge is 0.250 e. The van der Waals surface area contributed by atoms with Crippen LogP contribution in [-0.4, -0.2) is 44.4 Å². The molecule has 2 heterocycles. The van der Waals surface area contributed by atoms with Crippen LogP contribution in [0.2, 0.25) is 0 Å². The molecule has 1 aliphatic heterocycles. The fourth-order valence-electron chi connectivity index (χ4n) is 3.15. The molecule has 1 aromatic carbocycles. The molecule has 0 aliphatic carbocycles. The number of likely N-dealkylation sites (tertiary alicyclic amines) is 1. The van der Waals surface area contributed by atoms with Crippen molar-refractivity contribution in [1.82, 2.24) is 9.62 Å². The first-order chi connectivity index (χ1) is 12.8. The topological polar surface area (TPSA) is 78.5 Å². The molecule has 1 amide bonds. The average molecular weight is 408 g/mol. The van der Waals surface area contributed by atoms with E-state index in [9.17, 15) is 13.2 Å². The lowest BCUT2D eigenvalue weighted by Crippen LogP contribution is -2.50. The molecule has 0 spiro atoms. The zero-order valence-electron chi connectivity index (χ0n) is 15.5. The number of hydrogen-bond donors (Lipinski definition) is 2. The summed E-state index contributed by atoms with van der Waals surface area (Å²) in [6.45, 7) is 5.25. The molecule has 1 aliphatic rings. The summed E-state index contributed by atoms with van der Waals surface area (Å²) in [5, 5.41) is 4.70. The Morgan fingerprint density at radius 1 is 1.19 bits per heavy atom. The fraction of sp³-hybridized carbons (Fsp3) is 0.421. The number of thiophene rings is 1. The van der Waals surface area contributed by atoms with Crippen molar-refractivity contribution >= 4 is 33.0 Å². The lowest BCUT2D eigenvalue weighted by molar-refractivity contribution is -0.121. The van der Waals surface area contributed by atoms with Crippen LogP contribution in [0.5, 0.6) is 0 Å². The summed E-state index contributed by atoms with van der Waals surface area (Å²) >= 11 is 1.22. The van der Waals surface area contributed by atoms with Crippen LogP contribution in [-0.2, 0) is 14.8 Å². The highest BCUT2D eigenvalue weighted by Crippen LogP contribution is 2.20. The number of carbonyl (C=O) groups excluding carboxylic acids is 1. The summed E-state index contributed by atoms with van der Waals surface area (Å²) in [4.78, 5) is 14.6. The van der Waals surface area contributed by atoms with Crippen molar-refractivity contribution in [2.45, 2.75) is 43.0 Å². The van der Waals surface area contributed by atoms with E-state index in [-0.39, 0.29) is 18.0 Å². The van der Waals surface area contributed by atoms with Gasteiger partial charge in [-0.15, -0.1) is 11.3 Å². The minimum atomic E-state index is -3.44. The number of anilines is 1. The summed E-state index contributed by atoms with van der Waals surface area (Å²) in [7, 11) is -3.44. The molecule has 2 N–H and O–H groups in total. The average Bonchev–Trinajstić information content (AvgIpc) is 3.19. The molecule has 1 saturated heterocycles. The number of amides is 1. The number of nitrogens with zero attached hydrogens (tertiary/aromatic N) is 1. The summed E-state index contributed by atoms with van der Waals surface area (Å²) in [5.41, 5.74) is 1.93. The Morgan fingerprint density at radius 3 is 2.44 bits per heavy atom. The molecule has 3 rings (SSSR count). The number of rotatable bonds is 6. The third kappa shape index (κ3) is 5.16. The van der Waals surface area contributed by atoms with Gasteiger partial charge in [-0.2, -0.15) is 0 Å². The first-order valence-electron chi connectivity index (χ1n) is 9.02. The predicted octanol–water partition coefficient (Wildman–Crippen LogP) is 2.83. The Bertz CT molecular complexity index is 856. The fourth-order valence-corrected chi connectivity index (χ4v) is 5.46. The van der Waals surface area contributed by atoms with Crippen molar-refractivity contribution in [3.63, 3.8) is 0 Å². The second-order valence-electron chi connectivity index (χ2n) is 6.89. The molecule has 1 atom stereocenters. The van der Waals surface area contributed by atoms with Gasteiger partial charge in [-0.05, 0) is 50.3 Å². The van der Waals surface area contributed by atoms with Crippen LogP contribution in [0.25, 0.3) is 0 Å². The van der Waals surface area contributed by atoms with Gasteiger partial charge in [0, 0.05) is 24.8 Å². The first-order valence-corrected chi connectivity index (χ1v) is 11.4. The van der Waals surface area contributed by atoms with Crippen LogP contribution in [0.1, 0.15) is 25.3 Å². The minimum Gasteiger partial charge on any atom is -0.325 e. The number of piperidine rings is 1. The van der Waals surface area contributed by atoms with E-state index >= 15 is 0 Å². The van der Waals surface area contributed by atoms with E-state index in [4.69, 9.17) is 0 Å². The van der Waals surface area contributed by atoms with Gasteiger partial charge in [-0.1, -0.05) is 23.8 Å². The van der Waals surface area contributed by atoms with Crippen LogP contribution in [0.3, 0.4) is 0 Å². The number of nitrogens with one attached hydrogen (secondary N) is 2. The number of benzene rings is 1.